The summed E-state index contributed by atoms with van der Waals surface area (Å²) in [6.07, 6.45) is 0. The van der Waals surface area contributed by atoms with Crippen molar-refractivity contribution < 1.29 is 22.3 Å². The zero-order valence-electron chi connectivity index (χ0n) is 10.2. The number of nitrogens with two attached hydrogens (primary N) is 1. The molecule has 0 aromatic heterocycles. The molecule has 2 aromatic carbocycles. The Hall–Kier alpha value is -2.08. The molecule has 0 bridgehead atoms. The van der Waals surface area contributed by atoms with Gasteiger partial charge < -0.3 is 10.5 Å². The second kappa shape index (κ2) is 5.92. The largest absolute Gasteiger partial charge is 0.488 e. The Morgan fingerprint density at radius 3 is 2.50 bits per heavy atom. The van der Waals surface area contributed by atoms with Crippen molar-refractivity contribution in [3.05, 3.63) is 65.2 Å². The van der Waals surface area contributed by atoms with Gasteiger partial charge in [-0.15, -0.1) is 0 Å². The van der Waals surface area contributed by atoms with Crippen molar-refractivity contribution in [2.75, 3.05) is 6.61 Å². The molecule has 2 nitrogen and oxygen atoms in total. The van der Waals surface area contributed by atoms with Gasteiger partial charge in [0.15, 0.2) is 11.6 Å². The Labute approximate surface area is 112 Å². The highest BCUT2D eigenvalue weighted by Gasteiger charge is 2.15. The van der Waals surface area contributed by atoms with Gasteiger partial charge in [-0.25, -0.2) is 13.2 Å². The van der Waals surface area contributed by atoms with E-state index in [0.29, 0.717) is 0 Å². The molecule has 2 aromatic rings. The van der Waals surface area contributed by atoms with Gasteiger partial charge in [-0.2, -0.15) is 4.39 Å². The molecule has 0 aliphatic heterocycles. The van der Waals surface area contributed by atoms with Crippen LogP contribution in [0.4, 0.5) is 17.6 Å². The first-order valence-electron chi connectivity index (χ1n) is 5.76. The number of hydrogen-bond donors (Lipinski definition) is 1. The van der Waals surface area contributed by atoms with Gasteiger partial charge in [0.2, 0.25) is 5.82 Å². The predicted octanol–water partition coefficient (Wildman–Crippen LogP) is 3.32. The summed E-state index contributed by atoms with van der Waals surface area (Å²) in [6.45, 7) is -0.319. The van der Waals surface area contributed by atoms with Crippen molar-refractivity contribution in [2.24, 2.45) is 5.73 Å². The molecule has 0 saturated carbocycles. The average molecular weight is 285 g/mol. The highest BCUT2D eigenvalue weighted by Crippen LogP contribution is 2.22. The Morgan fingerprint density at radius 2 is 1.75 bits per heavy atom. The van der Waals surface area contributed by atoms with Crippen LogP contribution in [0.15, 0.2) is 36.4 Å². The van der Waals surface area contributed by atoms with Crippen LogP contribution in [0.1, 0.15) is 11.6 Å². The third-order valence-corrected chi connectivity index (χ3v) is 2.69. The molecule has 1 atom stereocenters. The van der Waals surface area contributed by atoms with E-state index in [1.807, 2.05) is 0 Å². The van der Waals surface area contributed by atoms with Crippen molar-refractivity contribution >= 4 is 0 Å². The van der Waals surface area contributed by atoms with Crippen molar-refractivity contribution in [1.29, 1.82) is 0 Å². The van der Waals surface area contributed by atoms with Crippen LogP contribution in [0.3, 0.4) is 0 Å². The second-order valence-corrected chi connectivity index (χ2v) is 4.14. The van der Waals surface area contributed by atoms with Crippen LogP contribution < -0.4 is 10.5 Å². The summed E-state index contributed by atoms with van der Waals surface area (Å²) in [5.74, 6) is -3.89. The van der Waals surface area contributed by atoms with Crippen LogP contribution >= 0.6 is 0 Å². The average Bonchev–Trinajstić information content (AvgIpc) is 2.43. The highest BCUT2D eigenvalue weighted by molar-refractivity contribution is 5.26. The van der Waals surface area contributed by atoms with Crippen LogP contribution in [-0.2, 0) is 0 Å². The lowest BCUT2D eigenvalue weighted by Gasteiger charge is -2.15. The molecular formula is C14H11F4NO. The molecule has 106 valence electrons. The first kappa shape index (κ1) is 14.3. The molecule has 6 heteroatoms. The van der Waals surface area contributed by atoms with Gasteiger partial charge in [0.1, 0.15) is 18.2 Å². The summed E-state index contributed by atoms with van der Waals surface area (Å²) < 4.78 is 57.7. The minimum atomic E-state index is -1.15. The highest BCUT2D eigenvalue weighted by atomic mass is 19.2. The summed E-state index contributed by atoms with van der Waals surface area (Å²) in [5.41, 5.74) is 5.56. The lowest BCUT2D eigenvalue weighted by molar-refractivity contribution is 0.270. The number of benzene rings is 2. The summed E-state index contributed by atoms with van der Waals surface area (Å²) in [7, 11) is 0. The van der Waals surface area contributed by atoms with E-state index in [1.54, 1.807) is 0 Å². The van der Waals surface area contributed by atoms with Crippen LogP contribution in [0.5, 0.6) is 5.75 Å². The van der Waals surface area contributed by atoms with E-state index in [9.17, 15) is 17.6 Å². The predicted molar refractivity (Wildman–Crippen MR) is 65.1 cm³/mol. The van der Waals surface area contributed by atoms with Gasteiger partial charge >= 0.3 is 0 Å². The van der Waals surface area contributed by atoms with Gasteiger partial charge in [0, 0.05) is 5.56 Å². The van der Waals surface area contributed by atoms with E-state index in [1.165, 1.54) is 12.1 Å². The maximum Gasteiger partial charge on any atom is 0.200 e. The van der Waals surface area contributed by atoms with E-state index in [0.717, 1.165) is 24.3 Å². The molecule has 1 unspecified atom stereocenters. The van der Waals surface area contributed by atoms with Gasteiger partial charge in [0.25, 0.3) is 0 Å². The Balaban J connectivity index is 2.10. The Kier molecular flexibility index (Phi) is 4.24. The van der Waals surface area contributed by atoms with Crippen LogP contribution in [-0.4, -0.2) is 6.61 Å². The lowest BCUT2D eigenvalue weighted by atomic mass is 10.1. The van der Waals surface area contributed by atoms with Gasteiger partial charge in [0.05, 0.1) is 6.04 Å². The number of ether oxygens (including phenoxy) is 1. The minimum Gasteiger partial charge on any atom is -0.488 e. The van der Waals surface area contributed by atoms with E-state index in [-0.39, 0.29) is 17.9 Å². The molecule has 2 N–H and O–H groups in total. The Morgan fingerprint density at radius 1 is 1.00 bits per heavy atom. The summed E-state index contributed by atoms with van der Waals surface area (Å²) in [6, 6.07) is 5.24. The van der Waals surface area contributed by atoms with E-state index < -0.39 is 29.3 Å². The van der Waals surface area contributed by atoms with Crippen molar-refractivity contribution in [3.63, 3.8) is 0 Å². The zero-order valence-corrected chi connectivity index (χ0v) is 10.2. The Bertz CT molecular complexity index is 618. The summed E-state index contributed by atoms with van der Waals surface area (Å²) in [5, 5.41) is 0. The SMILES string of the molecule is NC(COc1cccc(F)c1F)c1cc(F)ccc1F. The normalized spacial score (nSPS) is 12.2. The summed E-state index contributed by atoms with van der Waals surface area (Å²) >= 11 is 0. The molecule has 0 fully saturated rings. The minimum absolute atomic E-state index is 0.0955. The molecule has 0 aliphatic carbocycles. The molecule has 2 rings (SSSR count). The number of halogens is 4. The zero-order chi connectivity index (χ0) is 14.7. The van der Waals surface area contributed by atoms with E-state index in [4.69, 9.17) is 10.5 Å². The molecule has 0 aliphatic rings. The topological polar surface area (TPSA) is 35.2 Å². The molecule has 0 saturated heterocycles. The first-order chi connectivity index (χ1) is 9.49. The van der Waals surface area contributed by atoms with Crippen LogP contribution in [0.2, 0.25) is 0 Å². The second-order valence-electron chi connectivity index (χ2n) is 4.14. The third-order valence-electron chi connectivity index (χ3n) is 2.69. The number of rotatable bonds is 4. The van der Waals surface area contributed by atoms with Crippen molar-refractivity contribution in [3.8, 4) is 5.75 Å². The molecule has 0 radical (unpaired) electrons. The third kappa shape index (κ3) is 3.08. The fourth-order valence-corrected chi connectivity index (χ4v) is 1.66. The monoisotopic (exact) mass is 285 g/mol. The van der Waals surface area contributed by atoms with Gasteiger partial charge in [-0.1, -0.05) is 6.07 Å². The summed E-state index contributed by atoms with van der Waals surface area (Å²) in [4.78, 5) is 0. The molecule has 0 spiro atoms. The fraction of sp³-hybridized carbons (Fsp3) is 0.143. The molecular weight excluding hydrogens is 274 g/mol. The van der Waals surface area contributed by atoms with E-state index >= 15 is 0 Å². The quantitative estimate of drug-likeness (QED) is 0.875. The molecule has 0 heterocycles. The van der Waals surface area contributed by atoms with Crippen molar-refractivity contribution in [1.82, 2.24) is 0 Å². The lowest BCUT2D eigenvalue weighted by Crippen LogP contribution is -2.21. The maximum absolute atomic E-state index is 13.5. The molecule has 20 heavy (non-hydrogen) atoms. The number of hydrogen-bond acceptors (Lipinski definition) is 2. The molecule has 0 amide bonds. The van der Waals surface area contributed by atoms with Gasteiger partial charge in [-0.3, -0.25) is 0 Å². The van der Waals surface area contributed by atoms with Gasteiger partial charge in [-0.05, 0) is 30.3 Å². The maximum atomic E-state index is 13.5. The van der Waals surface area contributed by atoms with Crippen molar-refractivity contribution in [2.45, 2.75) is 6.04 Å². The standard InChI is InChI=1S/C14H11F4NO/c15-8-4-5-10(16)9(6-8)12(19)7-20-13-3-1-2-11(17)14(13)18/h1-6,12H,7,19H2. The van der Waals surface area contributed by atoms with Crippen LogP contribution in [0, 0.1) is 23.3 Å². The smallest absolute Gasteiger partial charge is 0.200 e. The fourth-order valence-electron chi connectivity index (χ4n) is 1.66. The van der Waals surface area contributed by atoms with Crippen LogP contribution in [0.25, 0.3) is 0 Å². The first-order valence-corrected chi connectivity index (χ1v) is 5.76. The van der Waals surface area contributed by atoms with E-state index in [2.05, 4.69) is 0 Å².